The fraction of sp³-hybridized carbons (Fsp3) is 0.692. The van der Waals surface area contributed by atoms with Gasteiger partial charge in [0.25, 0.3) is 0 Å². The number of nitrogens with one attached hydrogen (secondary N) is 1. The first-order valence-corrected chi connectivity index (χ1v) is 7.64. The zero-order valence-corrected chi connectivity index (χ0v) is 11.7. The SMILES string of the molecule is CCC(NC(=O)N1CCCCCC1)c1nccs1. The van der Waals surface area contributed by atoms with Crippen molar-refractivity contribution in [3.05, 3.63) is 16.6 Å². The number of nitrogens with zero attached hydrogens (tertiary/aromatic N) is 2. The van der Waals surface area contributed by atoms with E-state index in [2.05, 4.69) is 17.2 Å². The lowest BCUT2D eigenvalue weighted by Gasteiger charge is -2.24. The Kier molecular flexibility index (Phi) is 4.99. The van der Waals surface area contributed by atoms with Crippen molar-refractivity contribution >= 4 is 17.4 Å². The van der Waals surface area contributed by atoms with Crippen molar-refractivity contribution in [2.24, 2.45) is 0 Å². The van der Waals surface area contributed by atoms with Crippen LogP contribution in [0.3, 0.4) is 0 Å². The number of amides is 2. The molecule has 1 atom stereocenters. The highest BCUT2D eigenvalue weighted by Gasteiger charge is 2.20. The van der Waals surface area contributed by atoms with E-state index >= 15 is 0 Å². The molecular formula is C13H21N3OS. The molecule has 2 heterocycles. The van der Waals surface area contributed by atoms with Gasteiger partial charge in [-0.1, -0.05) is 19.8 Å². The summed E-state index contributed by atoms with van der Waals surface area (Å²) in [7, 11) is 0. The molecule has 0 aromatic carbocycles. The van der Waals surface area contributed by atoms with Crippen LogP contribution in [0.1, 0.15) is 50.1 Å². The van der Waals surface area contributed by atoms with Crippen molar-refractivity contribution in [1.82, 2.24) is 15.2 Å². The zero-order chi connectivity index (χ0) is 12.8. The number of carbonyl (C=O) groups is 1. The van der Waals surface area contributed by atoms with E-state index in [0.717, 1.165) is 37.4 Å². The van der Waals surface area contributed by atoms with Crippen LogP contribution in [0, 0.1) is 0 Å². The van der Waals surface area contributed by atoms with Crippen LogP contribution in [-0.2, 0) is 0 Å². The molecule has 1 aromatic rings. The summed E-state index contributed by atoms with van der Waals surface area (Å²) in [4.78, 5) is 18.4. The molecule has 2 rings (SSSR count). The highest BCUT2D eigenvalue weighted by molar-refractivity contribution is 7.09. The van der Waals surface area contributed by atoms with E-state index in [-0.39, 0.29) is 12.1 Å². The molecule has 0 saturated carbocycles. The summed E-state index contributed by atoms with van der Waals surface area (Å²) < 4.78 is 0. The first kappa shape index (κ1) is 13.3. The molecule has 1 aromatic heterocycles. The summed E-state index contributed by atoms with van der Waals surface area (Å²) in [6.45, 7) is 3.86. The van der Waals surface area contributed by atoms with Crippen LogP contribution >= 0.6 is 11.3 Å². The van der Waals surface area contributed by atoms with Crippen LogP contribution in [0.2, 0.25) is 0 Å². The summed E-state index contributed by atoms with van der Waals surface area (Å²) >= 11 is 1.60. The van der Waals surface area contributed by atoms with E-state index in [1.807, 2.05) is 10.3 Å². The molecule has 4 nitrogen and oxygen atoms in total. The molecule has 1 unspecified atom stereocenters. The average molecular weight is 267 g/mol. The molecular weight excluding hydrogens is 246 g/mol. The predicted molar refractivity (Wildman–Crippen MR) is 73.7 cm³/mol. The molecule has 1 aliphatic heterocycles. The lowest BCUT2D eigenvalue weighted by atomic mass is 10.2. The van der Waals surface area contributed by atoms with Crippen LogP contribution < -0.4 is 5.32 Å². The number of carbonyl (C=O) groups excluding carboxylic acids is 1. The second-order valence-corrected chi connectivity index (χ2v) is 5.61. The Balaban J connectivity index is 1.92. The quantitative estimate of drug-likeness (QED) is 0.914. The van der Waals surface area contributed by atoms with Crippen molar-refractivity contribution in [2.75, 3.05) is 13.1 Å². The smallest absolute Gasteiger partial charge is 0.317 e. The first-order chi connectivity index (χ1) is 8.81. The molecule has 0 aliphatic carbocycles. The summed E-state index contributed by atoms with van der Waals surface area (Å²) in [6.07, 6.45) is 7.41. The predicted octanol–water partition coefficient (Wildman–Crippen LogP) is 3.18. The van der Waals surface area contributed by atoms with E-state index in [4.69, 9.17) is 0 Å². The zero-order valence-electron chi connectivity index (χ0n) is 10.9. The van der Waals surface area contributed by atoms with Gasteiger partial charge in [0.1, 0.15) is 5.01 Å². The van der Waals surface area contributed by atoms with Crippen molar-refractivity contribution < 1.29 is 4.79 Å². The Morgan fingerprint density at radius 1 is 1.44 bits per heavy atom. The van der Waals surface area contributed by atoms with Gasteiger partial charge >= 0.3 is 6.03 Å². The Hall–Kier alpha value is -1.10. The largest absolute Gasteiger partial charge is 0.329 e. The maximum absolute atomic E-state index is 12.2. The number of aromatic nitrogens is 1. The molecule has 2 amide bonds. The van der Waals surface area contributed by atoms with Crippen LogP contribution in [0.15, 0.2) is 11.6 Å². The monoisotopic (exact) mass is 267 g/mol. The lowest BCUT2D eigenvalue weighted by Crippen LogP contribution is -2.42. The van der Waals surface area contributed by atoms with E-state index in [1.165, 1.54) is 12.8 Å². The van der Waals surface area contributed by atoms with Crippen LogP contribution in [-0.4, -0.2) is 29.0 Å². The minimum atomic E-state index is 0.0563. The minimum absolute atomic E-state index is 0.0563. The summed E-state index contributed by atoms with van der Waals surface area (Å²) in [5.74, 6) is 0. The van der Waals surface area contributed by atoms with E-state index < -0.39 is 0 Å². The Morgan fingerprint density at radius 3 is 2.72 bits per heavy atom. The number of hydrogen-bond donors (Lipinski definition) is 1. The molecule has 0 bridgehead atoms. The van der Waals surface area contributed by atoms with E-state index in [0.29, 0.717) is 0 Å². The van der Waals surface area contributed by atoms with Gasteiger partial charge in [-0.15, -0.1) is 11.3 Å². The van der Waals surface area contributed by atoms with Gasteiger partial charge in [-0.3, -0.25) is 0 Å². The Labute approximate surface area is 112 Å². The topological polar surface area (TPSA) is 45.2 Å². The fourth-order valence-corrected chi connectivity index (χ4v) is 3.03. The van der Waals surface area contributed by atoms with Crippen LogP contribution in [0.4, 0.5) is 4.79 Å². The maximum Gasteiger partial charge on any atom is 0.317 e. The molecule has 1 saturated heterocycles. The van der Waals surface area contributed by atoms with Gasteiger partial charge < -0.3 is 10.2 Å². The minimum Gasteiger partial charge on any atom is -0.329 e. The summed E-state index contributed by atoms with van der Waals surface area (Å²) in [5, 5.41) is 6.06. The average Bonchev–Trinajstić information content (AvgIpc) is 2.77. The second-order valence-electron chi connectivity index (χ2n) is 4.68. The molecule has 5 heteroatoms. The number of likely N-dealkylation sites (tertiary alicyclic amines) is 1. The summed E-state index contributed by atoms with van der Waals surface area (Å²) in [5.41, 5.74) is 0. The molecule has 0 radical (unpaired) electrons. The second kappa shape index (κ2) is 6.73. The standard InChI is InChI=1S/C13H21N3OS/c1-2-11(12-14-7-10-18-12)15-13(17)16-8-5-3-4-6-9-16/h7,10-11H,2-6,8-9H2,1H3,(H,15,17). The normalized spacial score (nSPS) is 18.2. The third-order valence-electron chi connectivity index (χ3n) is 3.35. The van der Waals surface area contributed by atoms with Gasteiger partial charge in [-0.25, -0.2) is 9.78 Å². The molecule has 18 heavy (non-hydrogen) atoms. The highest BCUT2D eigenvalue weighted by atomic mass is 32.1. The van der Waals surface area contributed by atoms with Crippen molar-refractivity contribution in [3.63, 3.8) is 0 Å². The summed E-state index contributed by atoms with van der Waals surface area (Å²) in [6, 6.07) is 0.125. The number of hydrogen-bond acceptors (Lipinski definition) is 3. The maximum atomic E-state index is 12.2. The lowest BCUT2D eigenvalue weighted by molar-refractivity contribution is 0.195. The number of rotatable bonds is 3. The molecule has 100 valence electrons. The van der Waals surface area contributed by atoms with Gasteiger partial charge in [-0.2, -0.15) is 0 Å². The molecule has 1 fully saturated rings. The van der Waals surface area contributed by atoms with Crippen molar-refractivity contribution in [2.45, 2.75) is 45.1 Å². The van der Waals surface area contributed by atoms with Gasteiger partial charge in [0, 0.05) is 24.7 Å². The van der Waals surface area contributed by atoms with Gasteiger partial charge in [0.2, 0.25) is 0 Å². The molecule has 1 aliphatic rings. The number of thiazole rings is 1. The van der Waals surface area contributed by atoms with Gasteiger partial charge in [0.05, 0.1) is 6.04 Å². The molecule has 1 N–H and O–H groups in total. The van der Waals surface area contributed by atoms with E-state index in [9.17, 15) is 4.79 Å². The van der Waals surface area contributed by atoms with Gasteiger partial charge in [-0.05, 0) is 19.3 Å². The third kappa shape index (κ3) is 3.45. The van der Waals surface area contributed by atoms with Gasteiger partial charge in [0.15, 0.2) is 0 Å². The molecule has 0 spiro atoms. The van der Waals surface area contributed by atoms with Crippen LogP contribution in [0.5, 0.6) is 0 Å². The van der Waals surface area contributed by atoms with Crippen molar-refractivity contribution in [3.8, 4) is 0 Å². The van der Waals surface area contributed by atoms with Crippen molar-refractivity contribution in [1.29, 1.82) is 0 Å². The Morgan fingerprint density at radius 2 is 2.17 bits per heavy atom. The fourth-order valence-electron chi connectivity index (χ4n) is 2.26. The third-order valence-corrected chi connectivity index (χ3v) is 4.24. The van der Waals surface area contributed by atoms with Crippen LogP contribution in [0.25, 0.3) is 0 Å². The van der Waals surface area contributed by atoms with E-state index in [1.54, 1.807) is 17.5 Å². The Bertz CT molecular complexity index is 358. The first-order valence-electron chi connectivity index (χ1n) is 6.76. The number of urea groups is 1. The highest BCUT2D eigenvalue weighted by Crippen LogP contribution is 2.19.